The topological polar surface area (TPSA) is 92.1 Å². The van der Waals surface area contributed by atoms with Crippen LogP contribution in [0.15, 0.2) is 71.5 Å². The lowest BCUT2D eigenvalue weighted by molar-refractivity contribution is -0.158. The van der Waals surface area contributed by atoms with Gasteiger partial charge in [0.05, 0.1) is 31.0 Å². The molecule has 2 N–H and O–H groups in total. The molecule has 2 aromatic carbocycles. The number of aliphatic hydroxyl groups is 2. The number of ether oxygens (including phenoxy) is 2. The number of benzene rings is 2. The van der Waals surface area contributed by atoms with Crippen LogP contribution >= 0.6 is 15.9 Å². The first-order valence-corrected chi connectivity index (χ1v) is 12.4. The Hall–Kier alpha value is -2.94. The molecule has 6 rings (SSSR count). The minimum absolute atomic E-state index is 0.185. The summed E-state index contributed by atoms with van der Waals surface area (Å²) in [5, 5.41) is 24.7. The highest BCUT2D eigenvalue weighted by Crippen LogP contribution is 2.69. The van der Waals surface area contributed by atoms with Gasteiger partial charge >= 0.3 is 0 Å². The zero-order chi connectivity index (χ0) is 24.4. The summed E-state index contributed by atoms with van der Waals surface area (Å²) >= 11 is 3.49. The number of carbonyl (C=O) groups is 1. The third-order valence-corrected chi connectivity index (χ3v) is 8.29. The van der Waals surface area contributed by atoms with Gasteiger partial charge in [-0.3, -0.25) is 9.78 Å². The quantitative estimate of drug-likeness (QED) is 0.531. The lowest BCUT2D eigenvalue weighted by atomic mass is 9.70. The van der Waals surface area contributed by atoms with E-state index in [9.17, 15) is 15.0 Å². The fourth-order valence-corrected chi connectivity index (χ4v) is 6.38. The van der Waals surface area contributed by atoms with E-state index in [0.717, 1.165) is 16.5 Å². The van der Waals surface area contributed by atoms with Gasteiger partial charge in [-0.05, 0) is 29.7 Å². The van der Waals surface area contributed by atoms with Gasteiger partial charge in [0.2, 0.25) is 5.91 Å². The predicted octanol–water partition coefficient (Wildman–Crippen LogP) is 3.34. The highest BCUT2D eigenvalue weighted by Gasteiger charge is 2.78. The van der Waals surface area contributed by atoms with Gasteiger partial charge in [-0.25, -0.2) is 0 Å². The SMILES string of the molecule is COc1cncc2c1C1(O)[C@H](O)C(C(=O)N3CCC3)C(c3ccccc3)[C@@]1(c1ccc(Br)cc1)O2. The minimum atomic E-state index is -1.98. The van der Waals surface area contributed by atoms with Crippen molar-refractivity contribution in [2.24, 2.45) is 5.92 Å². The Labute approximate surface area is 211 Å². The minimum Gasteiger partial charge on any atom is -0.495 e. The van der Waals surface area contributed by atoms with E-state index in [1.165, 1.54) is 19.5 Å². The maximum Gasteiger partial charge on any atom is 0.229 e. The van der Waals surface area contributed by atoms with E-state index < -0.39 is 29.1 Å². The smallest absolute Gasteiger partial charge is 0.229 e. The first kappa shape index (κ1) is 22.5. The van der Waals surface area contributed by atoms with E-state index in [1.807, 2.05) is 54.6 Å². The number of aromatic nitrogens is 1. The molecule has 0 radical (unpaired) electrons. The Balaban J connectivity index is 1.68. The van der Waals surface area contributed by atoms with E-state index in [-0.39, 0.29) is 5.91 Å². The average molecular weight is 537 g/mol. The van der Waals surface area contributed by atoms with E-state index >= 15 is 0 Å². The number of hydrogen-bond donors (Lipinski definition) is 2. The molecule has 5 atom stereocenters. The molecule has 3 aliphatic rings. The molecular weight excluding hydrogens is 512 g/mol. The molecule has 2 fully saturated rings. The number of rotatable bonds is 4. The molecule has 0 bridgehead atoms. The van der Waals surface area contributed by atoms with E-state index in [4.69, 9.17) is 9.47 Å². The Bertz CT molecular complexity index is 1280. The van der Waals surface area contributed by atoms with Crippen LogP contribution in [0.25, 0.3) is 0 Å². The summed E-state index contributed by atoms with van der Waals surface area (Å²) in [6, 6.07) is 17.0. The summed E-state index contributed by atoms with van der Waals surface area (Å²) in [4.78, 5) is 19.8. The monoisotopic (exact) mass is 536 g/mol. The summed E-state index contributed by atoms with van der Waals surface area (Å²) in [5.74, 6) is -1.18. The average Bonchev–Trinajstić information content (AvgIpc) is 3.22. The number of pyridine rings is 1. The molecule has 1 aromatic heterocycles. The second-order valence-electron chi connectivity index (χ2n) is 9.36. The van der Waals surface area contributed by atoms with Crippen LogP contribution in [0, 0.1) is 5.92 Å². The maximum absolute atomic E-state index is 13.8. The highest BCUT2D eigenvalue weighted by atomic mass is 79.9. The molecular formula is C27H25BrN2O5. The molecule has 3 unspecified atom stereocenters. The van der Waals surface area contributed by atoms with Gasteiger partial charge in [-0.2, -0.15) is 0 Å². The second-order valence-corrected chi connectivity index (χ2v) is 10.3. The standard InChI is InChI=1S/C27H25BrN2O5/c1-34-19-14-29-15-20-23(19)26(33)24(31)21(25(32)30-12-5-13-30)22(16-6-3-2-4-7-16)27(26,35-20)17-8-10-18(28)11-9-17/h2-4,6-11,14-15,21-22,24,31,33H,5,12-13H2,1H3/t21?,22?,24-,26?,27-/m1/s1. The fraction of sp³-hybridized carbons (Fsp3) is 0.333. The van der Waals surface area contributed by atoms with Crippen molar-refractivity contribution in [1.29, 1.82) is 0 Å². The molecule has 0 spiro atoms. The van der Waals surface area contributed by atoms with Crippen LogP contribution in [-0.4, -0.2) is 52.3 Å². The lowest BCUT2D eigenvalue weighted by Crippen LogP contribution is -2.52. The summed E-state index contributed by atoms with van der Waals surface area (Å²) in [7, 11) is 1.49. The number of fused-ring (bicyclic) bond motifs is 3. The van der Waals surface area contributed by atoms with Gasteiger partial charge in [0.25, 0.3) is 0 Å². The summed E-state index contributed by atoms with van der Waals surface area (Å²) in [6.07, 6.45) is 2.48. The first-order valence-electron chi connectivity index (χ1n) is 11.6. The van der Waals surface area contributed by atoms with Crippen LogP contribution in [0.1, 0.15) is 29.0 Å². The number of amides is 1. The van der Waals surface area contributed by atoms with Crippen LogP contribution in [0.4, 0.5) is 0 Å². The van der Waals surface area contributed by atoms with E-state index in [1.54, 1.807) is 4.90 Å². The van der Waals surface area contributed by atoms with Crippen molar-refractivity contribution in [3.8, 4) is 11.5 Å². The van der Waals surface area contributed by atoms with Gasteiger partial charge in [0.15, 0.2) is 11.2 Å². The van der Waals surface area contributed by atoms with Crippen LogP contribution in [0.5, 0.6) is 11.5 Å². The van der Waals surface area contributed by atoms with Gasteiger partial charge in [-0.15, -0.1) is 0 Å². The third kappa shape index (κ3) is 2.90. The second kappa shape index (κ2) is 8.05. The van der Waals surface area contributed by atoms with Gasteiger partial charge < -0.3 is 24.6 Å². The number of methoxy groups -OCH3 is 1. The van der Waals surface area contributed by atoms with Crippen molar-refractivity contribution in [1.82, 2.24) is 9.88 Å². The van der Waals surface area contributed by atoms with Crippen molar-refractivity contribution in [3.05, 3.63) is 88.2 Å². The summed E-state index contributed by atoms with van der Waals surface area (Å²) in [5.41, 5.74) is -1.73. The van der Waals surface area contributed by atoms with Crippen molar-refractivity contribution in [2.75, 3.05) is 20.2 Å². The zero-order valence-corrected chi connectivity index (χ0v) is 20.7. The Morgan fingerprint density at radius 2 is 1.86 bits per heavy atom. The number of carbonyl (C=O) groups excluding carboxylic acids is 1. The first-order chi connectivity index (χ1) is 16.9. The molecule has 1 saturated heterocycles. The van der Waals surface area contributed by atoms with Crippen molar-refractivity contribution < 1.29 is 24.5 Å². The third-order valence-electron chi connectivity index (χ3n) is 7.76. The van der Waals surface area contributed by atoms with Gasteiger partial charge in [0.1, 0.15) is 17.6 Å². The number of likely N-dealkylation sites (tertiary alicyclic amines) is 1. The number of hydrogen-bond acceptors (Lipinski definition) is 6. The number of halogens is 1. The predicted molar refractivity (Wildman–Crippen MR) is 131 cm³/mol. The Morgan fingerprint density at radius 1 is 1.14 bits per heavy atom. The Kier molecular flexibility index (Phi) is 5.18. The van der Waals surface area contributed by atoms with Crippen molar-refractivity contribution in [3.63, 3.8) is 0 Å². The lowest BCUT2D eigenvalue weighted by Gasteiger charge is -2.41. The zero-order valence-electron chi connectivity index (χ0n) is 19.1. The molecule has 2 aliphatic heterocycles. The normalized spacial score (nSPS) is 30.7. The molecule has 1 amide bonds. The number of nitrogens with zero attached hydrogens (tertiary/aromatic N) is 2. The number of aliphatic hydroxyl groups excluding tert-OH is 1. The molecule has 3 aromatic rings. The van der Waals surface area contributed by atoms with Crippen molar-refractivity contribution in [2.45, 2.75) is 29.6 Å². The molecule has 1 saturated carbocycles. The highest BCUT2D eigenvalue weighted by molar-refractivity contribution is 9.10. The molecule has 180 valence electrons. The summed E-state index contributed by atoms with van der Waals surface area (Å²) < 4.78 is 13.1. The molecule has 7 nitrogen and oxygen atoms in total. The molecule has 3 heterocycles. The van der Waals surface area contributed by atoms with E-state index in [2.05, 4.69) is 20.9 Å². The molecule has 1 aliphatic carbocycles. The van der Waals surface area contributed by atoms with Crippen molar-refractivity contribution >= 4 is 21.8 Å². The fourth-order valence-electron chi connectivity index (χ4n) is 6.11. The maximum atomic E-state index is 13.8. The largest absolute Gasteiger partial charge is 0.495 e. The van der Waals surface area contributed by atoms with Crippen LogP contribution in [-0.2, 0) is 16.0 Å². The molecule has 35 heavy (non-hydrogen) atoms. The summed E-state index contributed by atoms with van der Waals surface area (Å²) in [6.45, 7) is 1.27. The van der Waals surface area contributed by atoms with E-state index in [0.29, 0.717) is 35.7 Å². The van der Waals surface area contributed by atoms with Gasteiger partial charge in [-0.1, -0.05) is 58.4 Å². The Morgan fingerprint density at radius 3 is 2.49 bits per heavy atom. The molecule has 8 heteroatoms. The van der Waals surface area contributed by atoms with Crippen LogP contribution in [0.2, 0.25) is 0 Å². The van der Waals surface area contributed by atoms with Crippen LogP contribution < -0.4 is 9.47 Å². The van der Waals surface area contributed by atoms with Crippen LogP contribution in [0.3, 0.4) is 0 Å². The van der Waals surface area contributed by atoms with Gasteiger partial charge in [0, 0.05) is 23.5 Å².